The Bertz CT molecular complexity index is 1000. The van der Waals surface area contributed by atoms with Crippen molar-refractivity contribution >= 4 is 23.4 Å². The molecule has 2 aliphatic rings. The van der Waals surface area contributed by atoms with E-state index in [9.17, 15) is 14.4 Å². The second-order valence-electron chi connectivity index (χ2n) is 8.49. The van der Waals surface area contributed by atoms with Crippen LogP contribution >= 0.6 is 0 Å². The van der Waals surface area contributed by atoms with Crippen LogP contribution in [0.15, 0.2) is 48.5 Å². The van der Waals surface area contributed by atoms with Crippen LogP contribution in [-0.2, 0) is 20.8 Å². The van der Waals surface area contributed by atoms with Gasteiger partial charge in [0.25, 0.3) is 0 Å². The molecule has 1 aliphatic heterocycles. The summed E-state index contributed by atoms with van der Waals surface area (Å²) in [6.45, 7) is 1.97. The SMILES string of the molecule is COc1ccc(N2CC(C(=O)N[C@@H](C)C(=O)NC3CCCc4ccccc43)CC2=O)cc1. The van der Waals surface area contributed by atoms with Gasteiger partial charge in [0.1, 0.15) is 11.8 Å². The highest BCUT2D eigenvalue weighted by atomic mass is 16.5. The zero-order valence-corrected chi connectivity index (χ0v) is 18.5. The number of carbonyl (C=O) groups is 3. The van der Waals surface area contributed by atoms with E-state index in [1.165, 1.54) is 5.56 Å². The highest BCUT2D eigenvalue weighted by Gasteiger charge is 2.36. The van der Waals surface area contributed by atoms with E-state index in [4.69, 9.17) is 4.74 Å². The Morgan fingerprint density at radius 2 is 1.88 bits per heavy atom. The van der Waals surface area contributed by atoms with Crippen LogP contribution in [0, 0.1) is 5.92 Å². The lowest BCUT2D eigenvalue weighted by Gasteiger charge is -2.28. The lowest BCUT2D eigenvalue weighted by Crippen LogP contribution is -2.48. The molecule has 1 aliphatic carbocycles. The topological polar surface area (TPSA) is 87.7 Å². The molecule has 2 N–H and O–H groups in total. The molecule has 2 aromatic carbocycles. The summed E-state index contributed by atoms with van der Waals surface area (Å²) in [5.41, 5.74) is 3.15. The normalized spacial score (nSPS) is 20.9. The number of fused-ring (bicyclic) bond motifs is 1. The highest BCUT2D eigenvalue weighted by molar-refractivity contribution is 6.01. The van der Waals surface area contributed by atoms with E-state index in [0.717, 1.165) is 30.5 Å². The minimum absolute atomic E-state index is 0.0366. The molecule has 7 nitrogen and oxygen atoms in total. The first-order valence-corrected chi connectivity index (χ1v) is 11.1. The number of anilines is 1. The van der Waals surface area contributed by atoms with E-state index in [2.05, 4.69) is 22.8 Å². The minimum atomic E-state index is -0.679. The molecule has 32 heavy (non-hydrogen) atoms. The van der Waals surface area contributed by atoms with Crippen LogP contribution < -0.4 is 20.3 Å². The summed E-state index contributed by atoms with van der Waals surface area (Å²) in [7, 11) is 1.58. The molecule has 2 unspecified atom stereocenters. The van der Waals surface area contributed by atoms with Crippen molar-refractivity contribution < 1.29 is 19.1 Å². The molecule has 3 atom stereocenters. The average molecular weight is 436 g/mol. The van der Waals surface area contributed by atoms with Crippen molar-refractivity contribution in [3.63, 3.8) is 0 Å². The van der Waals surface area contributed by atoms with Crippen LogP contribution in [0.3, 0.4) is 0 Å². The van der Waals surface area contributed by atoms with Gasteiger partial charge < -0.3 is 20.3 Å². The molecule has 1 heterocycles. The van der Waals surface area contributed by atoms with Crippen LogP contribution in [0.25, 0.3) is 0 Å². The molecule has 0 bridgehead atoms. The van der Waals surface area contributed by atoms with E-state index in [0.29, 0.717) is 12.3 Å². The quantitative estimate of drug-likeness (QED) is 0.730. The number of aryl methyl sites for hydroxylation is 1. The Morgan fingerprint density at radius 1 is 1.12 bits per heavy atom. The number of hydrogen-bond acceptors (Lipinski definition) is 4. The fourth-order valence-corrected chi connectivity index (χ4v) is 4.49. The third kappa shape index (κ3) is 4.61. The van der Waals surface area contributed by atoms with Crippen molar-refractivity contribution in [3.8, 4) is 5.75 Å². The maximum absolute atomic E-state index is 12.8. The fourth-order valence-electron chi connectivity index (χ4n) is 4.49. The van der Waals surface area contributed by atoms with Crippen molar-refractivity contribution in [1.29, 1.82) is 0 Å². The third-order valence-corrected chi connectivity index (χ3v) is 6.32. The molecule has 0 radical (unpaired) electrons. The van der Waals surface area contributed by atoms with Gasteiger partial charge in [-0.2, -0.15) is 0 Å². The second-order valence-corrected chi connectivity index (χ2v) is 8.49. The smallest absolute Gasteiger partial charge is 0.242 e. The first kappa shape index (κ1) is 21.9. The van der Waals surface area contributed by atoms with Gasteiger partial charge in [0.2, 0.25) is 17.7 Å². The number of rotatable bonds is 6. The van der Waals surface area contributed by atoms with E-state index in [1.807, 2.05) is 12.1 Å². The Labute approximate surface area is 188 Å². The maximum atomic E-state index is 12.8. The van der Waals surface area contributed by atoms with Gasteiger partial charge in [-0.3, -0.25) is 14.4 Å². The summed E-state index contributed by atoms with van der Waals surface area (Å²) in [6, 6.07) is 14.6. The molecule has 0 saturated carbocycles. The molecule has 4 rings (SSSR count). The Kier molecular flexibility index (Phi) is 6.44. The maximum Gasteiger partial charge on any atom is 0.242 e. The Hall–Kier alpha value is -3.35. The van der Waals surface area contributed by atoms with Gasteiger partial charge in [-0.15, -0.1) is 0 Å². The van der Waals surface area contributed by atoms with Crippen molar-refractivity contribution in [1.82, 2.24) is 10.6 Å². The van der Waals surface area contributed by atoms with Crippen LogP contribution in [0.2, 0.25) is 0 Å². The predicted octanol–water partition coefficient (Wildman–Crippen LogP) is 2.75. The first-order valence-electron chi connectivity index (χ1n) is 11.1. The zero-order chi connectivity index (χ0) is 22.7. The Balaban J connectivity index is 1.33. The number of nitrogens with zero attached hydrogens (tertiary/aromatic N) is 1. The summed E-state index contributed by atoms with van der Waals surface area (Å²) in [5, 5.41) is 5.88. The predicted molar refractivity (Wildman–Crippen MR) is 121 cm³/mol. The van der Waals surface area contributed by atoms with Gasteiger partial charge in [-0.25, -0.2) is 0 Å². The molecule has 168 valence electrons. The third-order valence-electron chi connectivity index (χ3n) is 6.32. The summed E-state index contributed by atoms with van der Waals surface area (Å²) in [4.78, 5) is 39.6. The zero-order valence-electron chi connectivity index (χ0n) is 18.5. The molecule has 7 heteroatoms. The van der Waals surface area contributed by atoms with Crippen molar-refractivity contribution in [2.75, 3.05) is 18.6 Å². The lowest BCUT2D eigenvalue weighted by molar-refractivity contribution is -0.131. The van der Waals surface area contributed by atoms with Gasteiger partial charge >= 0.3 is 0 Å². The van der Waals surface area contributed by atoms with Crippen LogP contribution in [0.5, 0.6) is 5.75 Å². The van der Waals surface area contributed by atoms with Crippen LogP contribution in [0.1, 0.15) is 43.4 Å². The number of amides is 3. The standard InChI is InChI=1S/C25H29N3O4/c1-16(24(30)27-22-9-5-7-17-6-3-4-8-21(17)22)26-25(31)18-14-23(29)28(15-18)19-10-12-20(32-2)13-11-19/h3-4,6,8,10-13,16,18,22H,5,7,9,14-15H2,1-2H3,(H,26,31)(H,27,30)/t16-,18?,22?/m0/s1. The van der Waals surface area contributed by atoms with Gasteiger partial charge in [-0.1, -0.05) is 24.3 Å². The number of ether oxygens (including phenoxy) is 1. The first-order chi connectivity index (χ1) is 15.5. The average Bonchev–Trinajstić information content (AvgIpc) is 3.21. The van der Waals surface area contributed by atoms with E-state index in [-0.39, 0.29) is 30.2 Å². The fraction of sp³-hybridized carbons (Fsp3) is 0.400. The van der Waals surface area contributed by atoms with Crippen LogP contribution in [-0.4, -0.2) is 37.4 Å². The molecule has 2 aromatic rings. The van der Waals surface area contributed by atoms with Gasteiger partial charge in [0, 0.05) is 18.7 Å². The van der Waals surface area contributed by atoms with E-state index >= 15 is 0 Å². The monoisotopic (exact) mass is 435 g/mol. The molecule has 1 saturated heterocycles. The molecular weight excluding hydrogens is 406 g/mol. The largest absolute Gasteiger partial charge is 0.497 e. The summed E-state index contributed by atoms with van der Waals surface area (Å²) >= 11 is 0. The van der Waals surface area contributed by atoms with Crippen molar-refractivity contribution in [3.05, 3.63) is 59.7 Å². The van der Waals surface area contributed by atoms with E-state index in [1.54, 1.807) is 43.2 Å². The van der Waals surface area contributed by atoms with Gasteiger partial charge in [-0.05, 0) is 61.6 Å². The van der Waals surface area contributed by atoms with E-state index < -0.39 is 12.0 Å². The number of hydrogen-bond donors (Lipinski definition) is 2. The lowest BCUT2D eigenvalue weighted by atomic mass is 9.87. The molecule has 0 aromatic heterocycles. The van der Waals surface area contributed by atoms with Crippen molar-refractivity contribution in [2.45, 2.75) is 44.7 Å². The highest BCUT2D eigenvalue weighted by Crippen LogP contribution is 2.30. The summed E-state index contributed by atoms with van der Waals surface area (Å²) in [6.07, 6.45) is 3.06. The molecular formula is C25H29N3O4. The number of methoxy groups -OCH3 is 1. The van der Waals surface area contributed by atoms with Gasteiger partial charge in [0.15, 0.2) is 0 Å². The molecule has 3 amide bonds. The van der Waals surface area contributed by atoms with Gasteiger partial charge in [0.05, 0.1) is 19.1 Å². The second kappa shape index (κ2) is 9.42. The summed E-state index contributed by atoms with van der Waals surface area (Å²) in [5.74, 6) is -0.381. The molecule has 1 fully saturated rings. The molecule has 0 spiro atoms. The summed E-state index contributed by atoms with van der Waals surface area (Å²) < 4.78 is 5.15. The number of benzene rings is 2. The number of nitrogens with one attached hydrogen (secondary N) is 2. The number of carbonyl (C=O) groups excluding carboxylic acids is 3. The Morgan fingerprint density at radius 3 is 2.62 bits per heavy atom. The van der Waals surface area contributed by atoms with Crippen molar-refractivity contribution in [2.24, 2.45) is 5.92 Å². The van der Waals surface area contributed by atoms with Crippen LogP contribution in [0.4, 0.5) is 5.69 Å². The minimum Gasteiger partial charge on any atom is -0.497 e.